The van der Waals surface area contributed by atoms with E-state index in [1.54, 1.807) is 0 Å². The predicted molar refractivity (Wildman–Crippen MR) is 69.7 cm³/mol. The molecule has 0 saturated carbocycles. The molecule has 0 spiro atoms. The molecule has 0 aromatic rings. The van der Waals surface area contributed by atoms with E-state index in [2.05, 4.69) is 46.9 Å². The van der Waals surface area contributed by atoms with Crippen LogP contribution in [0.5, 0.6) is 0 Å². The average molecular weight is 227 g/mol. The van der Waals surface area contributed by atoms with Crippen molar-refractivity contribution in [3.05, 3.63) is 0 Å². The SMILES string of the molecule is CCC(CC)CNC1CC(C)(C)OC1(C)C. The van der Waals surface area contributed by atoms with Crippen LogP contribution in [-0.4, -0.2) is 23.8 Å². The zero-order valence-electron chi connectivity index (χ0n) is 11.9. The summed E-state index contributed by atoms with van der Waals surface area (Å²) in [4.78, 5) is 0. The summed E-state index contributed by atoms with van der Waals surface area (Å²) in [6, 6.07) is 0.489. The van der Waals surface area contributed by atoms with Crippen LogP contribution in [0.4, 0.5) is 0 Å². The van der Waals surface area contributed by atoms with Crippen molar-refractivity contribution < 1.29 is 4.74 Å². The molecule has 1 N–H and O–H groups in total. The summed E-state index contributed by atoms with van der Waals surface area (Å²) in [7, 11) is 0. The minimum Gasteiger partial charge on any atom is -0.368 e. The van der Waals surface area contributed by atoms with E-state index in [1.807, 2.05) is 0 Å². The summed E-state index contributed by atoms with van der Waals surface area (Å²) in [5.41, 5.74) is -0.00930. The van der Waals surface area contributed by atoms with Gasteiger partial charge in [0.15, 0.2) is 0 Å². The fraction of sp³-hybridized carbons (Fsp3) is 1.00. The average Bonchev–Trinajstić information content (AvgIpc) is 2.36. The number of ether oxygens (including phenoxy) is 1. The van der Waals surface area contributed by atoms with Gasteiger partial charge in [0, 0.05) is 6.04 Å². The fourth-order valence-corrected chi connectivity index (χ4v) is 2.77. The van der Waals surface area contributed by atoms with E-state index in [-0.39, 0.29) is 11.2 Å². The smallest absolute Gasteiger partial charge is 0.0787 e. The minimum absolute atomic E-state index is 0.0229. The Balaban J connectivity index is 2.48. The van der Waals surface area contributed by atoms with Crippen LogP contribution >= 0.6 is 0 Å². The van der Waals surface area contributed by atoms with Crippen molar-refractivity contribution in [3.8, 4) is 0 Å². The van der Waals surface area contributed by atoms with E-state index in [9.17, 15) is 0 Å². The maximum atomic E-state index is 6.09. The highest BCUT2D eigenvalue weighted by molar-refractivity contribution is 4.98. The van der Waals surface area contributed by atoms with Crippen molar-refractivity contribution in [3.63, 3.8) is 0 Å². The van der Waals surface area contributed by atoms with E-state index >= 15 is 0 Å². The van der Waals surface area contributed by atoms with E-state index in [0.29, 0.717) is 6.04 Å². The van der Waals surface area contributed by atoms with Crippen LogP contribution in [0.25, 0.3) is 0 Å². The lowest BCUT2D eigenvalue weighted by Gasteiger charge is -2.29. The van der Waals surface area contributed by atoms with Crippen molar-refractivity contribution in [2.24, 2.45) is 5.92 Å². The summed E-state index contributed by atoms with van der Waals surface area (Å²) in [5, 5.41) is 3.70. The molecule has 16 heavy (non-hydrogen) atoms. The van der Waals surface area contributed by atoms with Gasteiger partial charge in [-0.2, -0.15) is 0 Å². The number of nitrogens with one attached hydrogen (secondary N) is 1. The lowest BCUT2D eigenvalue weighted by Crippen LogP contribution is -2.45. The van der Waals surface area contributed by atoms with E-state index in [1.165, 1.54) is 12.8 Å². The first kappa shape index (κ1) is 14.0. The maximum Gasteiger partial charge on any atom is 0.0787 e. The third kappa shape index (κ3) is 3.46. The van der Waals surface area contributed by atoms with Crippen LogP contribution < -0.4 is 5.32 Å². The van der Waals surface area contributed by atoms with Crippen molar-refractivity contribution in [2.75, 3.05) is 6.54 Å². The Hall–Kier alpha value is -0.0800. The van der Waals surface area contributed by atoms with Gasteiger partial charge in [-0.05, 0) is 46.6 Å². The van der Waals surface area contributed by atoms with Crippen LogP contribution in [0.3, 0.4) is 0 Å². The minimum atomic E-state index is -0.0322. The highest BCUT2D eigenvalue weighted by Crippen LogP contribution is 2.37. The van der Waals surface area contributed by atoms with Crippen LogP contribution in [-0.2, 0) is 4.74 Å². The molecule has 1 fully saturated rings. The molecule has 2 heteroatoms. The molecule has 0 bridgehead atoms. The molecule has 0 aliphatic carbocycles. The van der Waals surface area contributed by atoms with Gasteiger partial charge in [-0.3, -0.25) is 0 Å². The maximum absolute atomic E-state index is 6.09. The Labute approximate surface area is 101 Å². The van der Waals surface area contributed by atoms with Crippen LogP contribution in [0.2, 0.25) is 0 Å². The normalized spacial score (nSPS) is 27.6. The van der Waals surface area contributed by atoms with Crippen molar-refractivity contribution in [2.45, 2.75) is 78.0 Å². The van der Waals surface area contributed by atoms with Crippen LogP contribution in [0, 0.1) is 5.92 Å². The van der Waals surface area contributed by atoms with Crippen LogP contribution in [0.1, 0.15) is 60.8 Å². The number of hydrogen-bond donors (Lipinski definition) is 1. The first-order valence-electron chi connectivity index (χ1n) is 6.74. The molecule has 1 saturated heterocycles. The Morgan fingerprint density at radius 3 is 2.12 bits per heavy atom. The molecular formula is C14H29NO. The van der Waals surface area contributed by atoms with Gasteiger partial charge in [-0.1, -0.05) is 26.7 Å². The predicted octanol–water partition coefficient (Wildman–Crippen LogP) is 3.36. The molecular weight excluding hydrogens is 198 g/mol. The van der Waals surface area contributed by atoms with Gasteiger partial charge in [0.1, 0.15) is 0 Å². The monoisotopic (exact) mass is 227 g/mol. The van der Waals surface area contributed by atoms with Gasteiger partial charge in [-0.15, -0.1) is 0 Å². The Bertz CT molecular complexity index is 219. The molecule has 2 nitrogen and oxygen atoms in total. The molecule has 1 heterocycles. The summed E-state index contributed by atoms with van der Waals surface area (Å²) < 4.78 is 6.09. The highest BCUT2D eigenvalue weighted by atomic mass is 16.5. The Kier molecular flexibility index (Phi) is 4.42. The molecule has 1 unspecified atom stereocenters. The molecule has 0 aromatic carbocycles. The second kappa shape index (κ2) is 5.05. The third-order valence-corrected chi connectivity index (χ3v) is 3.88. The van der Waals surface area contributed by atoms with Crippen molar-refractivity contribution >= 4 is 0 Å². The fourth-order valence-electron chi connectivity index (χ4n) is 2.77. The molecule has 1 aliphatic heterocycles. The van der Waals surface area contributed by atoms with Gasteiger partial charge in [-0.25, -0.2) is 0 Å². The summed E-state index contributed by atoms with van der Waals surface area (Å²) in [6.45, 7) is 14.5. The van der Waals surface area contributed by atoms with E-state index in [4.69, 9.17) is 4.74 Å². The zero-order valence-corrected chi connectivity index (χ0v) is 11.9. The molecule has 0 radical (unpaired) electrons. The van der Waals surface area contributed by atoms with Gasteiger partial charge >= 0.3 is 0 Å². The lowest BCUT2D eigenvalue weighted by molar-refractivity contribution is -0.0699. The van der Waals surface area contributed by atoms with Gasteiger partial charge in [0.2, 0.25) is 0 Å². The Morgan fingerprint density at radius 2 is 1.75 bits per heavy atom. The standard InChI is InChI=1S/C14H29NO/c1-7-11(8-2)10-15-12-9-13(3,4)16-14(12,5)6/h11-12,15H,7-10H2,1-6H3. The molecule has 0 amide bonds. The number of rotatable bonds is 5. The van der Waals surface area contributed by atoms with Gasteiger partial charge in [0.25, 0.3) is 0 Å². The molecule has 1 rings (SSSR count). The Morgan fingerprint density at radius 1 is 1.19 bits per heavy atom. The highest BCUT2D eigenvalue weighted by Gasteiger charge is 2.45. The molecule has 1 aliphatic rings. The van der Waals surface area contributed by atoms with E-state index < -0.39 is 0 Å². The first-order chi connectivity index (χ1) is 7.30. The number of hydrogen-bond acceptors (Lipinski definition) is 2. The quantitative estimate of drug-likeness (QED) is 0.777. The summed E-state index contributed by atoms with van der Waals surface area (Å²) >= 11 is 0. The van der Waals surface area contributed by atoms with Crippen molar-refractivity contribution in [1.82, 2.24) is 5.32 Å². The van der Waals surface area contributed by atoms with Gasteiger partial charge < -0.3 is 10.1 Å². The van der Waals surface area contributed by atoms with Crippen LogP contribution in [0.15, 0.2) is 0 Å². The summed E-state index contributed by atoms with van der Waals surface area (Å²) in [5.74, 6) is 0.805. The molecule has 1 atom stereocenters. The van der Waals surface area contributed by atoms with E-state index in [0.717, 1.165) is 18.9 Å². The lowest BCUT2D eigenvalue weighted by atomic mass is 9.93. The molecule has 96 valence electrons. The third-order valence-electron chi connectivity index (χ3n) is 3.88. The topological polar surface area (TPSA) is 21.3 Å². The first-order valence-corrected chi connectivity index (χ1v) is 6.74. The second-order valence-electron chi connectivity index (χ2n) is 6.31. The van der Waals surface area contributed by atoms with Crippen molar-refractivity contribution in [1.29, 1.82) is 0 Å². The molecule has 0 aromatic heterocycles. The summed E-state index contributed by atoms with van der Waals surface area (Å²) in [6.07, 6.45) is 3.64. The zero-order chi connectivity index (χ0) is 12.4. The van der Waals surface area contributed by atoms with Gasteiger partial charge in [0.05, 0.1) is 11.2 Å². The largest absolute Gasteiger partial charge is 0.368 e. The second-order valence-corrected chi connectivity index (χ2v) is 6.31.